The van der Waals surface area contributed by atoms with Gasteiger partial charge in [0, 0.05) is 18.7 Å². The van der Waals surface area contributed by atoms with E-state index >= 15 is 0 Å². The molecule has 0 radical (unpaired) electrons. The number of hydrogen-bond acceptors (Lipinski definition) is 2. The summed E-state index contributed by atoms with van der Waals surface area (Å²) in [6, 6.07) is 8.35. The third kappa shape index (κ3) is 3.67. The first-order valence-corrected chi connectivity index (χ1v) is 8.27. The molecule has 21 heavy (non-hydrogen) atoms. The second-order valence-electron chi connectivity index (χ2n) is 6.45. The van der Waals surface area contributed by atoms with Gasteiger partial charge in [0.05, 0.1) is 0 Å². The Morgan fingerprint density at radius 1 is 1.10 bits per heavy atom. The fraction of sp³-hybridized carbons (Fsp3) is 0.579. The van der Waals surface area contributed by atoms with Crippen LogP contribution in [0.15, 0.2) is 24.3 Å². The molecule has 3 rings (SSSR count). The number of aliphatic hydroxyl groups excluding tert-OH is 1. The molecular weight excluding hydrogens is 258 g/mol. The lowest BCUT2D eigenvalue weighted by atomic mass is 9.75. The van der Waals surface area contributed by atoms with Crippen LogP contribution in [-0.4, -0.2) is 29.7 Å². The monoisotopic (exact) mass is 283 g/mol. The van der Waals surface area contributed by atoms with Gasteiger partial charge in [0.1, 0.15) is 6.61 Å². The number of fused-ring (bicyclic) bond motifs is 1. The van der Waals surface area contributed by atoms with Crippen LogP contribution < -0.4 is 0 Å². The maximum absolute atomic E-state index is 8.89. The Hall–Kier alpha value is -1.30. The lowest BCUT2D eigenvalue weighted by molar-refractivity contribution is 0.0820. The van der Waals surface area contributed by atoms with E-state index in [1.54, 1.807) is 0 Å². The van der Waals surface area contributed by atoms with Crippen LogP contribution in [0.3, 0.4) is 0 Å². The van der Waals surface area contributed by atoms with Gasteiger partial charge in [-0.25, -0.2) is 0 Å². The van der Waals surface area contributed by atoms with Crippen LogP contribution in [0.4, 0.5) is 0 Å². The minimum atomic E-state index is -0.0677. The SMILES string of the molecule is OCC#Cc1ccccc1CN1CCC2CCCCC2C1. The van der Waals surface area contributed by atoms with Crippen LogP contribution in [-0.2, 0) is 6.54 Å². The average Bonchev–Trinajstić information content (AvgIpc) is 2.54. The Morgan fingerprint density at radius 2 is 1.90 bits per heavy atom. The third-order valence-electron chi connectivity index (χ3n) is 5.09. The van der Waals surface area contributed by atoms with Crippen LogP contribution in [0.25, 0.3) is 0 Å². The fourth-order valence-corrected chi connectivity index (χ4v) is 3.98. The van der Waals surface area contributed by atoms with Crippen molar-refractivity contribution in [2.45, 2.75) is 38.6 Å². The lowest BCUT2D eigenvalue weighted by Gasteiger charge is -2.41. The molecule has 2 fully saturated rings. The summed E-state index contributed by atoms with van der Waals surface area (Å²) in [6.07, 6.45) is 7.12. The van der Waals surface area contributed by atoms with Crippen LogP contribution in [0, 0.1) is 23.7 Å². The summed E-state index contributed by atoms with van der Waals surface area (Å²) in [5, 5.41) is 8.89. The normalized spacial score (nSPS) is 25.8. The molecule has 0 bridgehead atoms. The summed E-state index contributed by atoms with van der Waals surface area (Å²) < 4.78 is 0. The average molecular weight is 283 g/mol. The molecule has 112 valence electrons. The Labute approximate surface area is 128 Å². The molecule has 1 aromatic carbocycles. The summed E-state index contributed by atoms with van der Waals surface area (Å²) in [7, 11) is 0. The van der Waals surface area contributed by atoms with Gasteiger partial charge in [-0.1, -0.05) is 49.3 Å². The molecule has 1 heterocycles. The predicted octanol–water partition coefficient (Wildman–Crippen LogP) is 3.04. The van der Waals surface area contributed by atoms with E-state index in [0.29, 0.717) is 0 Å². The second kappa shape index (κ2) is 7.11. The van der Waals surface area contributed by atoms with Crippen molar-refractivity contribution in [3.63, 3.8) is 0 Å². The maximum atomic E-state index is 8.89. The zero-order valence-corrected chi connectivity index (χ0v) is 12.7. The standard InChI is InChI=1S/C19H25NO/c21-13-5-10-16-6-1-3-8-18(16)14-20-12-11-17-7-2-4-9-19(17)15-20/h1,3,6,8,17,19,21H,2,4,7,9,11-15H2. The number of benzene rings is 1. The van der Waals surface area contributed by atoms with Gasteiger partial charge in [-0.3, -0.25) is 4.90 Å². The molecule has 1 aliphatic carbocycles. The Morgan fingerprint density at radius 3 is 2.76 bits per heavy atom. The van der Waals surface area contributed by atoms with Crippen molar-refractivity contribution in [3.8, 4) is 11.8 Å². The zero-order valence-electron chi connectivity index (χ0n) is 12.7. The minimum Gasteiger partial charge on any atom is -0.384 e. The van der Waals surface area contributed by atoms with Crippen molar-refractivity contribution >= 4 is 0 Å². The molecule has 1 saturated carbocycles. The van der Waals surface area contributed by atoms with Gasteiger partial charge in [0.2, 0.25) is 0 Å². The Balaban J connectivity index is 1.67. The molecule has 0 amide bonds. The van der Waals surface area contributed by atoms with E-state index in [-0.39, 0.29) is 6.61 Å². The van der Waals surface area contributed by atoms with E-state index in [1.807, 2.05) is 6.07 Å². The number of piperidine rings is 1. The number of hydrogen-bond donors (Lipinski definition) is 1. The van der Waals surface area contributed by atoms with Crippen LogP contribution in [0.1, 0.15) is 43.2 Å². The van der Waals surface area contributed by atoms with Gasteiger partial charge in [-0.05, 0) is 42.9 Å². The van der Waals surface area contributed by atoms with Gasteiger partial charge < -0.3 is 5.11 Å². The lowest BCUT2D eigenvalue weighted by Crippen LogP contribution is -2.41. The molecular formula is C19H25NO. The molecule has 2 nitrogen and oxygen atoms in total. The molecule has 2 heteroatoms. The topological polar surface area (TPSA) is 23.5 Å². The highest BCUT2D eigenvalue weighted by atomic mass is 16.2. The van der Waals surface area contributed by atoms with E-state index in [0.717, 1.165) is 23.9 Å². The summed E-state index contributed by atoms with van der Waals surface area (Å²) >= 11 is 0. The molecule has 2 atom stereocenters. The number of aliphatic hydroxyl groups is 1. The summed E-state index contributed by atoms with van der Waals surface area (Å²) in [6.45, 7) is 3.41. The molecule has 1 saturated heterocycles. The second-order valence-corrected chi connectivity index (χ2v) is 6.45. The molecule has 1 aliphatic heterocycles. The van der Waals surface area contributed by atoms with Gasteiger partial charge >= 0.3 is 0 Å². The van der Waals surface area contributed by atoms with Gasteiger partial charge in [0.25, 0.3) is 0 Å². The first kappa shape index (κ1) is 14.6. The first-order valence-electron chi connectivity index (χ1n) is 8.27. The summed E-state index contributed by atoms with van der Waals surface area (Å²) in [4.78, 5) is 2.60. The maximum Gasteiger partial charge on any atom is 0.104 e. The van der Waals surface area contributed by atoms with E-state index in [1.165, 1.54) is 50.8 Å². The Kier molecular flexibility index (Phi) is 4.95. The molecule has 2 aliphatic rings. The van der Waals surface area contributed by atoms with Crippen LogP contribution >= 0.6 is 0 Å². The van der Waals surface area contributed by atoms with Crippen LogP contribution in [0.5, 0.6) is 0 Å². The predicted molar refractivity (Wildman–Crippen MR) is 85.7 cm³/mol. The highest BCUT2D eigenvalue weighted by molar-refractivity contribution is 5.41. The number of nitrogens with zero attached hydrogens (tertiary/aromatic N) is 1. The van der Waals surface area contributed by atoms with Crippen molar-refractivity contribution in [1.82, 2.24) is 4.90 Å². The van der Waals surface area contributed by atoms with Crippen molar-refractivity contribution in [1.29, 1.82) is 0 Å². The van der Waals surface area contributed by atoms with E-state index in [2.05, 4.69) is 34.9 Å². The third-order valence-corrected chi connectivity index (χ3v) is 5.09. The molecule has 1 aromatic rings. The van der Waals surface area contributed by atoms with Crippen molar-refractivity contribution in [2.75, 3.05) is 19.7 Å². The summed E-state index contributed by atoms with van der Waals surface area (Å²) in [5.41, 5.74) is 2.37. The first-order chi connectivity index (χ1) is 10.4. The number of likely N-dealkylation sites (tertiary alicyclic amines) is 1. The van der Waals surface area contributed by atoms with Gasteiger partial charge in [0.15, 0.2) is 0 Å². The molecule has 2 unspecified atom stereocenters. The highest BCUT2D eigenvalue weighted by Gasteiger charge is 2.30. The minimum absolute atomic E-state index is 0.0677. The quantitative estimate of drug-likeness (QED) is 0.843. The van der Waals surface area contributed by atoms with Crippen molar-refractivity contribution < 1.29 is 5.11 Å². The van der Waals surface area contributed by atoms with E-state index in [4.69, 9.17) is 5.11 Å². The van der Waals surface area contributed by atoms with Crippen molar-refractivity contribution in [2.24, 2.45) is 11.8 Å². The molecule has 1 N–H and O–H groups in total. The molecule has 0 aromatic heterocycles. The molecule has 0 spiro atoms. The highest BCUT2D eigenvalue weighted by Crippen LogP contribution is 2.36. The van der Waals surface area contributed by atoms with Crippen LogP contribution in [0.2, 0.25) is 0 Å². The Bertz CT molecular complexity index is 528. The largest absolute Gasteiger partial charge is 0.384 e. The smallest absolute Gasteiger partial charge is 0.104 e. The van der Waals surface area contributed by atoms with E-state index < -0.39 is 0 Å². The van der Waals surface area contributed by atoms with Gasteiger partial charge in [-0.15, -0.1) is 0 Å². The van der Waals surface area contributed by atoms with Crippen molar-refractivity contribution in [3.05, 3.63) is 35.4 Å². The van der Waals surface area contributed by atoms with E-state index in [9.17, 15) is 0 Å². The number of rotatable bonds is 2. The summed E-state index contributed by atoms with van der Waals surface area (Å²) in [5.74, 6) is 7.76. The van der Waals surface area contributed by atoms with Gasteiger partial charge in [-0.2, -0.15) is 0 Å². The fourth-order valence-electron chi connectivity index (χ4n) is 3.98. The zero-order chi connectivity index (χ0) is 14.5.